The molecule has 0 bridgehead atoms. The van der Waals surface area contributed by atoms with Gasteiger partial charge in [-0.25, -0.2) is 0 Å². The molecule has 0 atom stereocenters. The van der Waals surface area contributed by atoms with E-state index in [1.165, 1.54) is 0 Å². The molecular weight excluding hydrogens is 180 g/mol. The first-order valence-corrected chi connectivity index (χ1v) is 5.28. The summed E-state index contributed by atoms with van der Waals surface area (Å²) in [6.07, 6.45) is 0. The summed E-state index contributed by atoms with van der Waals surface area (Å²) in [5.74, 6) is 0. The van der Waals surface area contributed by atoms with Crippen molar-refractivity contribution in [1.29, 1.82) is 0 Å². The lowest BCUT2D eigenvalue weighted by atomic mass is 10.4. The number of aliphatic hydroxyl groups excluding tert-OH is 1. The molecule has 14 heavy (non-hydrogen) atoms. The van der Waals surface area contributed by atoms with E-state index in [-0.39, 0.29) is 0 Å². The molecule has 0 aromatic rings. The summed E-state index contributed by atoms with van der Waals surface area (Å²) < 4.78 is 0. The third-order valence-electron chi connectivity index (χ3n) is 1.91. The summed E-state index contributed by atoms with van der Waals surface area (Å²) in [5.41, 5.74) is 0. The number of hydrogen-bond acceptors (Lipinski definition) is 5. The van der Waals surface area contributed by atoms with E-state index in [9.17, 15) is 0 Å². The van der Waals surface area contributed by atoms with Gasteiger partial charge in [0.15, 0.2) is 0 Å². The van der Waals surface area contributed by atoms with E-state index in [4.69, 9.17) is 5.11 Å². The van der Waals surface area contributed by atoms with E-state index in [1.54, 1.807) is 0 Å². The van der Waals surface area contributed by atoms with Gasteiger partial charge in [0.25, 0.3) is 0 Å². The first kappa shape index (κ1) is 13.8. The van der Waals surface area contributed by atoms with Gasteiger partial charge in [0.1, 0.15) is 0 Å². The average molecular weight is 204 g/mol. The molecule has 1 saturated heterocycles. The lowest BCUT2D eigenvalue weighted by Crippen LogP contribution is -2.39. The monoisotopic (exact) mass is 204 g/mol. The largest absolute Gasteiger partial charge is 0.400 e. The van der Waals surface area contributed by atoms with Crippen LogP contribution in [-0.2, 0) is 0 Å². The Morgan fingerprint density at radius 2 is 0.643 bits per heavy atom. The molecule has 1 aliphatic heterocycles. The third-order valence-corrected chi connectivity index (χ3v) is 1.91. The van der Waals surface area contributed by atoms with Crippen LogP contribution in [0.15, 0.2) is 0 Å². The summed E-state index contributed by atoms with van der Waals surface area (Å²) in [6, 6.07) is 0. The Hall–Kier alpha value is -0.200. The second-order valence-electron chi connectivity index (χ2n) is 3.00. The molecule has 0 unspecified atom stereocenters. The fourth-order valence-electron chi connectivity index (χ4n) is 1.21. The van der Waals surface area contributed by atoms with E-state index in [0.717, 1.165) is 59.5 Å². The molecule has 0 saturated carbocycles. The lowest BCUT2D eigenvalue weighted by molar-refractivity contribution is 0.399. The Bertz CT molecular complexity index is 59.8. The van der Waals surface area contributed by atoms with Gasteiger partial charge >= 0.3 is 0 Å². The van der Waals surface area contributed by atoms with Gasteiger partial charge in [-0.2, -0.15) is 0 Å². The molecule has 0 aromatic heterocycles. The average Bonchev–Trinajstić information content (AvgIpc) is 2.22. The van der Waals surface area contributed by atoms with Gasteiger partial charge in [-0.3, -0.25) is 0 Å². The Morgan fingerprint density at radius 1 is 0.500 bits per heavy atom. The highest BCUT2D eigenvalue weighted by atomic mass is 16.2. The smallest absolute Gasteiger partial charge is 0.0319 e. The SMILES string of the molecule is C1CNCCNCCNCCN1.CO. The van der Waals surface area contributed by atoms with Crippen molar-refractivity contribution in [3.63, 3.8) is 0 Å². The number of hydrogen-bond donors (Lipinski definition) is 5. The zero-order valence-electron chi connectivity index (χ0n) is 9.10. The lowest BCUT2D eigenvalue weighted by Gasteiger charge is -2.11. The molecule has 1 fully saturated rings. The Kier molecular flexibility index (Phi) is 12.6. The maximum absolute atomic E-state index is 7.00. The first-order valence-electron chi connectivity index (χ1n) is 5.28. The summed E-state index contributed by atoms with van der Waals surface area (Å²) in [5, 5.41) is 20.4. The van der Waals surface area contributed by atoms with Crippen molar-refractivity contribution < 1.29 is 5.11 Å². The fourth-order valence-corrected chi connectivity index (χ4v) is 1.21. The first-order chi connectivity index (χ1) is 7.00. The van der Waals surface area contributed by atoms with Gasteiger partial charge in [0, 0.05) is 59.5 Å². The molecular formula is C9H24N4O. The van der Waals surface area contributed by atoms with Crippen molar-refractivity contribution in [2.45, 2.75) is 0 Å². The molecule has 1 rings (SSSR count). The highest BCUT2D eigenvalue weighted by molar-refractivity contribution is 4.59. The number of aliphatic hydroxyl groups is 1. The molecule has 0 radical (unpaired) electrons. The van der Waals surface area contributed by atoms with Crippen molar-refractivity contribution in [3.05, 3.63) is 0 Å². The van der Waals surface area contributed by atoms with Crippen molar-refractivity contribution in [1.82, 2.24) is 21.3 Å². The third kappa shape index (κ3) is 9.88. The van der Waals surface area contributed by atoms with Crippen LogP contribution in [0.4, 0.5) is 0 Å². The molecule has 86 valence electrons. The van der Waals surface area contributed by atoms with Gasteiger partial charge in [-0.1, -0.05) is 0 Å². The molecule has 0 amide bonds. The van der Waals surface area contributed by atoms with Crippen LogP contribution in [-0.4, -0.2) is 64.6 Å². The predicted octanol–water partition coefficient (Wildman–Crippen LogP) is -2.03. The summed E-state index contributed by atoms with van der Waals surface area (Å²) in [6.45, 7) is 8.57. The maximum atomic E-state index is 7.00. The highest BCUT2D eigenvalue weighted by Crippen LogP contribution is 1.65. The number of rotatable bonds is 0. The fraction of sp³-hybridized carbons (Fsp3) is 1.00. The summed E-state index contributed by atoms with van der Waals surface area (Å²) in [4.78, 5) is 0. The molecule has 1 aliphatic rings. The molecule has 5 nitrogen and oxygen atoms in total. The Labute approximate surface area is 86.7 Å². The Balaban J connectivity index is 0.000000791. The molecule has 5 heteroatoms. The zero-order valence-corrected chi connectivity index (χ0v) is 9.10. The molecule has 0 aliphatic carbocycles. The molecule has 0 spiro atoms. The predicted molar refractivity (Wildman–Crippen MR) is 59.6 cm³/mol. The Morgan fingerprint density at radius 3 is 0.786 bits per heavy atom. The zero-order chi connectivity index (χ0) is 10.5. The second kappa shape index (κ2) is 12.8. The van der Waals surface area contributed by atoms with Gasteiger partial charge < -0.3 is 26.4 Å². The van der Waals surface area contributed by atoms with Crippen LogP contribution in [0.3, 0.4) is 0 Å². The van der Waals surface area contributed by atoms with Crippen LogP contribution in [0.1, 0.15) is 0 Å². The van der Waals surface area contributed by atoms with E-state index < -0.39 is 0 Å². The quantitative estimate of drug-likeness (QED) is 0.315. The minimum Gasteiger partial charge on any atom is -0.400 e. The van der Waals surface area contributed by atoms with Crippen LogP contribution < -0.4 is 21.3 Å². The van der Waals surface area contributed by atoms with E-state index >= 15 is 0 Å². The van der Waals surface area contributed by atoms with Crippen LogP contribution in [0.5, 0.6) is 0 Å². The van der Waals surface area contributed by atoms with Gasteiger partial charge in [-0.05, 0) is 0 Å². The summed E-state index contributed by atoms with van der Waals surface area (Å²) >= 11 is 0. The molecule has 0 aromatic carbocycles. The van der Waals surface area contributed by atoms with Crippen molar-refractivity contribution in [2.75, 3.05) is 59.5 Å². The van der Waals surface area contributed by atoms with E-state index in [2.05, 4.69) is 21.3 Å². The normalized spacial score (nSPS) is 21.0. The van der Waals surface area contributed by atoms with Crippen molar-refractivity contribution in [2.24, 2.45) is 0 Å². The van der Waals surface area contributed by atoms with Crippen molar-refractivity contribution in [3.8, 4) is 0 Å². The standard InChI is InChI=1S/C8H20N4.CH4O/c1-2-10-5-6-12-8-7-11-4-3-9-1;1-2/h9-12H,1-8H2;2H,1H3. The minimum absolute atomic E-state index is 1.00. The highest BCUT2D eigenvalue weighted by Gasteiger charge is 1.92. The summed E-state index contributed by atoms with van der Waals surface area (Å²) in [7, 11) is 1.00. The molecule has 1 heterocycles. The van der Waals surface area contributed by atoms with Crippen LogP contribution in [0, 0.1) is 0 Å². The van der Waals surface area contributed by atoms with Gasteiger partial charge in [0.2, 0.25) is 0 Å². The van der Waals surface area contributed by atoms with E-state index in [0.29, 0.717) is 0 Å². The second-order valence-corrected chi connectivity index (χ2v) is 3.00. The van der Waals surface area contributed by atoms with Crippen LogP contribution in [0.2, 0.25) is 0 Å². The maximum Gasteiger partial charge on any atom is 0.0319 e. The van der Waals surface area contributed by atoms with E-state index in [1.807, 2.05) is 0 Å². The van der Waals surface area contributed by atoms with Crippen LogP contribution >= 0.6 is 0 Å². The topological polar surface area (TPSA) is 68.3 Å². The van der Waals surface area contributed by atoms with Gasteiger partial charge in [0.05, 0.1) is 0 Å². The van der Waals surface area contributed by atoms with Crippen molar-refractivity contribution >= 4 is 0 Å². The van der Waals surface area contributed by atoms with Crippen LogP contribution in [0.25, 0.3) is 0 Å². The minimum atomic E-state index is 1.00. The number of nitrogens with one attached hydrogen (secondary N) is 4. The molecule has 5 N–H and O–H groups in total. The van der Waals surface area contributed by atoms with Gasteiger partial charge in [-0.15, -0.1) is 0 Å².